The van der Waals surface area contributed by atoms with Crippen LogP contribution in [0.4, 0.5) is 5.69 Å². The largest absolute Gasteiger partial charge is 0.504 e. The van der Waals surface area contributed by atoms with E-state index >= 15 is 0 Å². The van der Waals surface area contributed by atoms with Crippen molar-refractivity contribution in [2.24, 2.45) is 12.0 Å². The Hall–Kier alpha value is -4.89. The van der Waals surface area contributed by atoms with E-state index < -0.39 is 6.04 Å². The number of rotatable bonds is 5. The van der Waals surface area contributed by atoms with Crippen LogP contribution in [0.25, 0.3) is 17.0 Å². The number of ether oxygens (including phenoxy) is 1. The van der Waals surface area contributed by atoms with E-state index in [2.05, 4.69) is 5.32 Å². The second-order valence-electron chi connectivity index (χ2n) is 9.55. The van der Waals surface area contributed by atoms with E-state index in [0.29, 0.717) is 31.9 Å². The number of nitrogens with zero attached hydrogens (tertiary/aromatic N) is 3. The maximum atomic E-state index is 14.0. The Morgan fingerprint density at radius 2 is 1.85 bits per heavy atom. The van der Waals surface area contributed by atoms with Gasteiger partial charge in [0.2, 0.25) is 0 Å². The van der Waals surface area contributed by atoms with Gasteiger partial charge in [0.1, 0.15) is 0 Å². The van der Waals surface area contributed by atoms with Crippen molar-refractivity contribution in [1.29, 1.82) is 0 Å². The van der Waals surface area contributed by atoms with E-state index in [1.165, 1.54) is 24.5 Å². The predicted molar refractivity (Wildman–Crippen MR) is 156 cm³/mol. The van der Waals surface area contributed by atoms with Gasteiger partial charge in [-0.2, -0.15) is 0 Å². The van der Waals surface area contributed by atoms with Gasteiger partial charge in [0.05, 0.1) is 29.0 Å². The first-order valence-electron chi connectivity index (χ1n) is 12.7. The maximum Gasteiger partial charge on any atom is 0.271 e. The molecular formula is C31H26N4O4S. The van der Waals surface area contributed by atoms with Crippen LogP contribution in [0.5, 0.6) is 11.5 Å². The normalized spacial score (nSPS) is 15.2. The summed E-state index contributed by atoms with van der Waals surface area (Å²) in [6.45, 7) is 1.77. The average molecular weight is 551 g/mol. The molecule has 0 bridgehead atoms. The van der Waals surface area contributed by atoms with Crippen LogP contribution >= 0.6 is 11.3 Å². The third-order valence-electron chi connectivity index (χ3n) is 7.03. The summed E-state index contributed by atoms with van der Waals surface area (Å²) in [5.41, 5.74) is 3.80. The molecule has 3 aromatic carbocycles. The van der Waals surface area contributed by atoms with Gasteiger partial charge in [-0.15, -0.1) is 0 Å². The van der Waals surface area contributed by atoms with Crippen molar-refractivity contribution in [3.8, 4) is 11.5 Å². The van der Waals surface area contributed by atoms with E-state index in [-0.39, 0.29) is 23.0 Å². The van der Waals surface area contributed by atoms with Crippen molar-refractivity contribution in [3.63, 3.8) is 0 Å². The van der Waals surface area contributed by atoms with Crippen molar-refractivity contribution in [3.05, 3.63) is 121 Å². The highest BCUT2D eigenvalue weighted by atomic mass is 32.1. The monoisotopic (exact) mass is 550 g/mol. The summed E-state index contributed by atoms with van der Waals surface area (Å²) in [6.07, 6.45) is 3.87. The molecule has 3 heterocycles. The third-order valence-corrected chi connectivity index (χ3v) is 8.01. The number of para-hydroxylation sites is 2. The minimum Gasteiger partial charge on any atom is -0.504 e. The fourth-order valence-corrected chi connectivity index (χ4v) is 6.18. The van der Waals surface area contributed by atoms with Gasteiger partial charge in [0, 0.05) is 35.4 Å². The molecule has 1 amide bonds. The number of hydrogen-bond acceptors (Lipinski definition) is 6. The zero-order chi connectivity index (χ0) is 28.0. The minimum atomic E-state index is -0.788. The molecule has 2 aromatic heterocycles. The van der Waals surface area contributed by atoms with Gasteiger partial charge in [-0.1, -0.05) is 53.8 Å². The van der Waals surface area contributed by atoms with Crippen LogP contribution in [0.3, 0.4) is 0 Å². The highest BCUT2D eigenvalue weighted by Gasteiger charge is 2.33. The molecule has 8 nitrogen and oxygen atoms in total. The lowest BCUT2D eigenvalue weighted by molar-refractivity contribution is -0.113. The molecule has 0 saturated heterocycles. The molecule has 1 aliphatic rings. The van der Waals surface area contributed by atoms with Crippen molar-refractivity contribution < 1.29 is 14.6 Å². The predicted octanol–water partition coefficient (Wildman–Crippen LogP) is 4.08. The van der Waals surface area contributed by atoms with Crippen LogP contribution in [0.2, 0.25) is 0 Å². The van der Waals surface area contributed by atoms with Gasteiger partial charge < -0.3 is 19.7 Å². The number of allylic oxidation sites excluding steroid dienone is 1. The number of benzene rings is 3. The summed E-state index contributed by atoms with van der Waals surface area (Å²) in [4.78, 5) is 33.0. The number of aryl methyl sites for hydroxylation is 1. The summed E-state index contributed by atoms with van der Waals surface area (Å²) in [5.74, 6) is -0.161. The molecule has 200 valence electrons. The summed E-state index contributed by atoms with van der Waals surface area (Å²) < 4.78 is 9.44. The number of carbonyl (C=O) groups excluding carboxylic acids is 1. The molecule has 0 unspecified atom stereocenters. The molecule has 0 saturated carbocycles. The molecule has 0 aliphatic carbocycles. The van der Waals surface area contributed by atoms with Gasteiger partial charge in [-0.3, -0.25) is 14.2 Å². The lowest BCUT2D eigenvalue weighted by Gasteiger charge is -2.25. The third kappa shape index (κ3) is 4.30. The van der Waals surface area contributed by atoms with Crippen LogP contribution in [-0.4, -0.2) is 27.3 Å². The summed E-state index contributed by atoms with van der Waals surface area (Å²) >= 11 is 1.28. The number of aromatic nitrogens is 2. The zero-order valence-corrected chi connectivity index (χ0v) is 22.9. The number of phenols is 1. The van der Waals surface area contributed by atoms with Gasteiger partial charge in [0.15, 0.2) is 16.3 Å². The van der Waals surface area contributed by atoms with E-state index in [4.69, 9.17) is 9.73 Å². The molecule has 0 radical (unpaired) electrons. The standard InChI is InChI=1S/C31H26N4O4S/c1-18-27(29(37)33-21-9-5-4-6-10-21)28(19-13-14-24(36)25(15-19)39-3)35-30(38)26(40-31(35)32-18)16-20-17-34(2)23-12-8-7-11-22(20)23/h4-17,28,36H,1-3H3,(H,33,37)/b26-16-/t28-/m1/s1. The Labute approximate surface area is 233 Å². The van der Waals surface area contributed by atoms with Crippen LogP contribution < -0.4 is 24.9 Å². The van der Waals surface area contributed by atoms with E-state index in [1.54, 1.807) is 35.8 Å². The zero-order valence-electron chi connectivity index (χ0n) is 22.1. The Kier molecular flexibility index (Phi) is 6.36. The molecule has 5 aromatic rings. The SMILES string of the molecule is COc1cc([C@@H]2C(C(=O)Nc3ccccc3)=C(C)N=c3s/c(=C\c4cn(C)c5ccccc45)c(=O)n32)ccc1O. The Balaban J connectivity index is 1.55. The first kappa shape index (κ1) is 25.4. The van der Waals surface area contributed by atoms with Crippen molar-refractivity contribution in [2.75, 3.05) is 12.4 Å². The lowest BCUT2D eigenvalue weighted by atomic mass is 9.94. The molecule has 2 N–H and O–H groups in total. The number of phenolic OH excluding ortho intramolecular Hbond substituents is 1. The second kappa shape index (κ2) is 10.0. The first-order valence-corrected chi connectivity index (χ1v) is 13.5. The quantitative estimate of drug-likeness (QED) is 0.345. The number of aromatic hydroxyl groups is 1. The summed E-state index contributed by atoms with van der Waals surface area (Å²) in [6, 6.07) is 21.2. The van der Waals surface area contributed by atoms with Crippen LogP contribution in [-0.2, 0) is 11.8 Å². The number of nitrogens with one attached hydrogen (secondary N) is 1. The van der Waals surface area contributed by atoms with E-state index in [1.807, 2.05) is 66.4 Å². The number of methoxy groups -OCH3 is 1. The van der Waals surface area contributed by atoms with Crippen LogP contribution in [0.15, 0.2) is 100 Å². The topological polar surface area (TPSA) is 97.9 Å². The summed E-state index contributed by atoms with van der Waals surface area (Å²) in [5, 5.41) is 14.2. The van der Waals surface area contributed by atoms with Gasteiger partial charge in [-0.05, 0) is 48.9 Å². The minimum absolute atomic E-state index is 0.0365. The van der Waals surface area contributed by atoms with Crippen molar-refractivity contribution in [2.45, 2.75) is 13.0 Å². The molecule has 9 heteroatoms. The average Bonchev–Trinajstić information content (AvgIpc) is 3.44. The Morgan fingerprint density at radius 3 is 2.62 bits per heavy atom. The number of anilines is 1. The molecule has 1 atom stereocenters. The molecular weight excluding hydrogens is 524 g/mol. The highest BCUT2D eigenvalue weighted by Crippen LogP contribution is 2.35. The molecule has 1 aliphatic heterocycles. The van der Waals surface area contributed by atoms with Gasteiger partial charge >= 0.3 is 0 Å². The van der Waals surface area contributed by atoms with Crippen molar-refractivity contribution in [1.82, 2.24) is 9.13 Å². The fourth-order valence-electron chi connectivity index (χ4n) is 5.14. The summed E-state index contributed by atoms with van der Waals surface area (Å²) in [7, 11) is 3.43. The number of thiazole rings is 1. The number of hydrogen-bond donors (Lipinski definition) is 2. The van der Waals surface area contributed by atoms with E-state index in [0.717, 1.165) is 16.5 Å². The first-order chi connectivity index (χ1) is 19.4. The van der Waals surface area contributed by atoms with Gasteiger partial charge in [0.25, 0.3) is 11.5 Å². The molecule has 0 spiro atoms. The van der Waals surface area contributed by atoms with Crippen LogP contribution in [0.1, 0.15) is 24.1 Å². The Morgan fingerprint density at radius 1 is 1.10 bits per heavy atom. The van der Waals surface area contributed by atoms with Gasteiger partial charge in [-0.25, -0.2) is 4.99 Å². The lowest BCUT2D eigenvalue weighted by Crippen LogP contribution is -2.40. The smallest absolute Gasteiger partial charge is 0.271 e. The Bertz CT molecular complexity index is 2000. The number of fused-ring (bicyclic) bond motifs is 2. The van der Waals surface area contributed by atoms with Crippen LogP contribution in [0, 0.1) is 0 Å². The molecule has 6 rings (SSSR count). The fraction of sp³-hybridized carbons (Fsp3) is 0.129. The number of carbonyl (C=O) groups is 1. The van der Waals surface area contributed by atoms with E-state index in [9.17, 15) is 14.7 Å². The van der Waals surface area contributed by atoms with Crippen molar-refractivity contribution >= 4 is 39.9 Å². The second-order valence-corrected chi connectivity index (χ2v) is 10.6. The number of amides is 1. The molecule has 40 heavy (non-hydrogen) atoms. The maximum absolute atomic E-state index is 14.0. The molecule has 0 fully saturated rings. The highest BCUT2D eigenvalue weighted by molar-refractivity contribution is 7.07.